The summed E-state index contributed by atoms with van der Waals surface area (Å²) >= 11 is 0. The van der Waals surface area contributed by atoms with Crippen LogP contribution in [0.3, 0.4) is 0 Å². The van der Waals surface area contributed by atoms with Crippen molar-refractivity contribution < 1.29 is 20.1 Å². The maximum Gasteiger partial charge on any atom is 0.0941 e. The molecule has 0 saturated carbocycles. The van der Waals surface area contributed by atoms with Crippen LogP contribution in [0, 0.1) is 13.0 Å². The number of benzene rings is 4. The first-order chi connectivity index (χ1) is 16.7. The van der Waals surface area contributed by atoms with Gasteiger partial charge in [0.2, 0.25) is 0 Å². The molecule has 4 aromatic carbocycles. The number of aromatic nitrogens is 4. The van der Waals surface area contributed by atoms with Crippen LogP contribution < -0.4 is 0 Å². The zero-order valence-electron chi connectivity index (χ0n) is 19.4. The summed E-state index contributed by atoms with van der Waals surface area (Å²) in [6.07, 6.45) is 3.90. The van der Waals surface area contributed by atoms with Gasteiger partial charge in [0.25, 0.3) is 0 Å². The maximum atomic E-state index is 4.78. The van der Waals surface area contributed by atoms with Gasteiger partial charge in [-0.3, -0.25) is 9.97 Å². The van der Waals surface area contributed by atoms with Crippen LogP contribution in [0.2, 0.25) is 0 Å². The second-order valence-electron chi connectivity index (χ2n) is 8.39. The second kappa shape index (κ2) is 9.46. The third-order valence-electron chi connectivity index (χ3n) is 6.37. The summed E-state index contributed by atoms with van der Waals surface area (Å²) in [4.78, 5) is 9.41. The van der Waals surface area contributed by atoms with Crippen molar-refractivity contribution in [3.05, 3.63) is 115 Å². The first-order valence-electron chi connectivity index (χ1n) is 11.3. The van der Waals surface area contributed by atoms with E-state index in [2.05, 4.69) is 93.0 Å². The molecule has 0 fully saturated rings. The van der Waals surface area contributed by atoms with Gasteiger partial charge in [0.15, 0.2) is 0 Å². The van der Waals surface area contributed by atoms with Crippen molar-refractivity contribution in [2.45, 2.75) is 6.92 Å². The molecule has 0 atom stereocenters. The van der Waals surface area contributed by atoms with Crippen LogP contribution in [0.25, 0.3) is 50.4 Å². The van der Waals surface area contributed by atoms with Gasteiger partial charge in [-0.25, -0.2) is 0 Å². The third-order valence-corrected chi connectivity index (χ3v) is 6.37. The van der Waals surface area contributed by atoms with Crippen LogP contribution in [-0.2, 0) is 27.2 Å². The minimum atomic E-state index is 0. The SMILES string of the molecule is Cc1nc2c[c-]c(-c3nccn3-c3c(-c4ccccc4)cccc3-c3ccccc3)cc2n1C.[Ir]. The van der Waals surface area contributed by atoms with Crippen LogP contribution >= 0.6 is 0 Å². The van der Waals surface area contributed by atoms with Crippen molar-refractivity contribution >= 4 is 11.0 Å². The van der Waals surface area contributed by atoms with Crippen LogP contribution in [0.5, 0.6) is 0 Å². The molecule has 0 bridgehead atoms. The van der Waals surface area contributed by atoms with Gasteiger partial charge in [-0.05, 0) is 23.6 Å². The molecule has 2 heterocycles. The molecule has 35 heavy (non-hydrogen) atoms. The molecule has 173 valence electrons. The van der Waals surface area contributed by atoms with Crippen LogP contribution in [0.4, 0.5) is 0 Å². The molecule has 0 aliphatic rings. The van der Waals surface area contributed by atoms with E-state index in [1.165, 1.54) is 0 Å². The molecule has 0 amide bonds. The van der Waals surface area contributed by atoms with E-state index in [1.54, 1.807) is 0 Å². The van der Waals surface area contributed by atoms with E-state index >= 15 is 0 Å². The topological polar surface area (TPSA) is 35.6 Å². The Kier molecular flexibility index (Phi) is 6.21. The van der Waals surface area contributed by atoms with Gasteiger partial charge < -0.3 is 9.13 Å². The summed E-state index contributed by atoms with van der Waals surface area (Å²) in [5.41, 5.74) is 8.67. The number of rotatable bonds is 4. The fraction of sp³-hybridized carbons (Fsp3) is 0.0667. The van der Waals surface area contributed by atoms with Gasteiger partial charge in [-0.1, -0.05) is 78.9 Å². The maximum absolute atomic E-state index is 4.78. The molecule has 2 aromatic heterocycles. The first-order valence-corrected chi connectivity index (χ1v) is 11.3. The zero-order chi connectivity index (χ0) is 23.1. The van der Waals surface area contributed by atoms with Crippen LogP contribution in [0.15, 0.2) is 103 Å². The molecule has 6 aromatic rings. The van der Waals surface area contributed by atoms with Crippen molar-refractivity contribution in [3.8, 4) is 39.3 Å². The van der Waals surface area contributed by atoms with Gasteiger partial charge in [-0.15, -0.1) is 23.8 Å². The van der Waals surface area contributed by atoms with Gasteiger partial charge in [-0.2, -0.15) is 0 Å². The molecule has 1 radical (unpaired) electrons. The van der Waals surface area contributed by atoms with E-state index in [4.69, 9.17) is 4.98 Å². The second-order valence-corrected chi connectivity index (χ2v) is 8.39. The molecule has 0 saturated heterocycles. The number of para-hydroxylation sites is 1. The monoisotopic (exact) mass is 632 g/mol. The van der Waals surface area contributed by atoms with Crippen LogP contribution in [0.1, 0.15) is 5.82 Å². The summed E-state index contributed by atoms with van der Waals surface area (Å²) in [7, 11) is 2.04. The summed E-state index contributed by atoms with van der Waals surface area (Å²) < 4.78 is 4.29. The van der Waals surface area contributed by atoms with Gasteiger partial charge in [0.05, 0.1) is 17.3 Å². The number of hydrogen-bond acceptors (Lipinski definition) is 2. The van der Waals surface area contributed by atoms with Crippen molar-refractivity contribution in [3.63, 3.8) is 0 Å². The van der Waals surface area contributed by atoms with Crippen molar-refractivity contribution in [1.29, 1.82) is 0 Å². The fourth-order valence-corrected chi connectivity index (χ4v) is 4.57. The third kappa shape index (κ3) is 4.03. The van der Waals surface area contributed by atoms with E-state index in [-0.39, 0.29) is 20.1 Å². The smallest absolute Gasteiger partial charge is 0.0941 e. The Hall–Kier alpha value is -3.79. The molecule has 0 unspecified atom stereocenters. The predicted molar refractivity (Wildman–Crippen MR) is 138 cm³/mol. The Labute approximate surface area is 218 Å². The molecule has 4 nitrogen and oxygen atoms in total. The van der Waals surface area contributed by atoms with Gasteiger partial charge in [0.1, 0.15) is 0 Å². The zero-order valence-corrected chi connectivity index (χ0v) is 21.8. The molecule has 0 N–H and O–H groups in total. The van der Waals surface area contributed by atoms with Gasteiger partial charge >= 0.3 is 0 Å². The van der Waals surface area contributed by atoms with Gasteiger partial charge in [0, 0.05) is 56.2 Å². The number of fused-ring (bicyclic) bond motifs is 1. The Bertz CT molecular complexity index is 1560. The molecular formula is C30H23IrN4-. The summed E-state index contributed by atoms with van der Waals surface area (Å²) in [6, 6.07) is 35.0. The Balaban J connectivity index is 0.00000253. The molecule has 0 aliphatic heterocycles. The van der Waals surface area contributed by atoms with E-state index in [1.807, 2.05) is 44.6 Å². The fourth-order valence-electron chi connectivity index (χ4n) is 4.57. The van der Waals surface area contributed by atoms with Crippen LogP contribution in [-0.4, -0.2) is 19.1 Å². The van der Waals surface area contributed by atoms with E-state index in [9.17, 15) is 0 Å². The largest absolute Gasteiger partial charge is 0.349 e. The average Bonchev–Trinajstić information content (AvgIpc) is 3.49. The van der Waals surface area contributed by atoms with E-state index < -0.39 is 0 Å². The summed E-state index contributed by atoms with van der Waals surface area (Å²) in [5, 5.41) is 0. The number of aryl methyl sites for hydroxylation is 2. The van der Waals surface area contributed by atoms with Crippen molar-refractivity contribution in [2.24, 2.45) is 7.05 Å². The Morgan fingerprint density at radius 2 is 1.43 bits per heavy atom. The minimum absolute atomic E-state index is 0. The molecule has 5 heteroatoms. The molecular weight excluding hydrogens is 609 g/mol. The number of imidazole rings is 2. The number of hydrogen-bond donors (Lipinski definition) is 0. The average molecular weight is 632 g/mol. The first kappa shape index (κ1) is 23.0. The van der Waals surface area contributed by atoms with E-state index in [0.29, 0.717) is 0 Å². The molecule has 0 spiro atoms. The number of nitrogens with zero attached hydrogens (tertiary/aromatic N) is 4. The summed E-state index contributed by atoms with van der Waals surface area (Å²) in [6.45, 7) is 2.02. The van der Waals surface area contributed by atoms with E-state index in [0.717, 1.165) is 56.2 Å². The Morgan fingerprint density at radius 1 is 0.800 bits per heavy atom. The standard InChI is InChI=1S/C30H23N4.Ir/c1-21-32-27-17-16-24(20-28(27)33(21)2)30-31-18-19-34(30)29-25(22-10-5-3-6-11-22)14-9-15-26(29)23-12-7-4-8-13-23;/h3-15,17-20H,1-2H3;/q-1;. The Morgan fingerprint density at radius 3 is 2.06 bits per heavy atom. The molecule has 0 aliphatic carbocycles. The quantitative estimate of drug-likeness (QED) is 0.199. The summed E-state index contributed by atoms with van der Waals surface area (Å²) in [5.74, 6) is 1.82. The normalized spacial score (nSPS) is 10.9. The minimum Gasteiger partial charge on any atom is -0.349 e. The van der Waals surface area contributed by atoms with Crippen molar-refractivity contribution in [1.82, 2.24) is 19.1 Å². The molecule has 6 rings (SSSR count). The predicted octanol–water partition coefficient (Wildman–Crippen LogP) is 6.87. The van der Waals surface area contributed by atoms with Crippen molar-refractivity contribution in [2.75, 3.05) is 0 Å².